The minimum absolute atomic E-state index is 0. The number of rotatable bonds is 7. The lowest BCUT2D eigenvalue weighted by Gasteiger charge is -2.37. The number of carboxylic acids is 1. The summed E-state index contributed by atoms with van der Waals surface area (Å²) < 4.78 is 50.1. The summed E-state index contributed by atoms with van der Waals surface area (Å²) in [7, 11) is 0. The fourth-order valence-electron chi connectivity index (χ4n) is 5.17. The van der Waals surface area contributed by atoms with Gasteiger partial charge in [-0.15, -0.1) is 12.4 Å². The number of aromatic carboxylic acids is 1. The molecule has 4 aromatic carbocycles. The Morgan fingerprint density at radius 1 is 1.00 bits per heavy atom. The molecule has 0 amide bonds. The smallest absolute Gasteiger partial charge is 0.341 e. The third kappa shape index (κ3) is 5.16. The summed E-state index contributed by atoms with van der Waals surface area (Å²) in [4.78, 5) is 12.8. The van der Waals surface area contributed by atoms with Crippen LogP contribution in [0.25, 0.3) is 10.8 Å². The van der Waals surface area contributed by atoms with E-state index in [9.17, 15) is 18.7 Å². The average Bonchev–Trinajstić information content (AvgIpc) is 2.88. The predicted molar refractivity (Wildman–Crippen MR) is 145 cm³/mol. The fraction of sp³-hybridized carbons (Fsp3) is 0.233. The van der Waals surface area contributed by atoms with Crippen molar-refractivity contribution in [1.82, 2.24) is 0 Å². The Hall–Kier alpha value is -3.71. The highest BCUT2D eigenvalue weighted by Crippen LogP contribution is 2.42. The summed E-state index contributed by atoms with van der Waals surface area (Å²) in [5, 5.41) is 11.7. The summed E-state index contributed by atoms with van der Waals surface area (Å²) in [6, 6.07) is 20.9. The number of benzene rings is 4. The van der Waals surface area contributed by atoms with Gasteiger partial charge in [-0.2, -0.15) is 0 Å². The molecule has 1 unspecified atom stereocenters. The molecule has 0 aliphatic carbocycles. The molecule has 0 saturated heterocycles. The van der Waals surface area contributed by atoms with E-state index in [2.05, 4.69) is 37.3 Å². The first kappa shape index (κ1) is 27.3. The quantitative estimate of drug-likeness (QED) is 0.256. The molecule has 8 heteroatoms. The molecule has 1 aliphatic heterocycles. The van der Waals surface area contributed by atoms with E-state index in [0.717, 1.165) is 25.0 Å². The van der Waals surface area contributed by atoms with Crippen LogP contribution in [0.15, 0.2) is 72.8 Å². The fourth-order valence-corrected chi connectivity index (χ4v) is 5.17. The van der Waals surface area contributed by atoms with Crippen LogP contribution >= 0.6 is 12.4 Å². The molecule has 4 nitrogen and oxygen atoms in total. The second kappa shape index (κ2) is 11.4. The zero-order valence-electron chi connectivity index (χ0n) is 20.7. The molecule has 0 radical (unpaired) electrons. The molecule has 0 saturated carbocycles. The molecule has 1 heterocycles. The van der Waals surface area contributed by atoms with Gasteiger partial charge in [0.2, 0.25) is 0 Å². The molecule has 0 spiro atoms. The van der Waals surface area contributed by atoms with Crippen molar-refractivity contribution < 1.29 is 27.8 Å². The third-order valence-corrected chi connectivity index (χ3v) is 6.99. The van der Waals surface area contributed by atoms with Gasteiger partial charge < -0.3 is 14.7 Å². The van der Waals surface area contributed by atoms with Gasteiger partial charge in [0, 0.05) is 0 Å². The summed E-state index contributed by atoms with van der Waals surface area (Å²) >= 11 is 0. The van der Waals surface area contributed by atoms with Crippen LogP contribution in [-0.2, 0) is 0 Å². The number of nitrogens with zero attached hydrogens (tertiary/aromatic N) is 1. The summed E-state index contributed by atoms with van der Waals surface area (Å²) in [5.41, 5.74) is 0.000858. The van der Waals surface area contributed by atoms with Crippen LogP contribution in [0.5, 0.6) is 5.75 Å². The summed E-state index contributed by atoms with van der Waals surface area (Å²) in [6.07, 6.45) is 1.92. The maximum absolute atomic E-state index is 15.2. The van der Waals surface area contributed by atoms with Gasteiger partial charge in [-0.25, -0.2) is 18.0 Å². The van der Waals surface area contributed by atoms with Crippen LogP contribution in [0.1, 0.15) is 48.0 Å². The largest absolute Gasteiger partial charge is 0.486 e. The van der Waals surface area contributed by atoms with E-state index in [1.54, 1.807) is 6.07 Å². The molecule has 38 heavy (non-hydrogen) atoms. The van der Waals surface area contributed by atoms with Gasteiger partial charge in [0.05, 0.1) is 12.2 Å². The number of para-hydroxylation sites is 1. The monoisotopic (exact) mass is 541 g/mol. The lowest BCUT2D eigenvalue weighted by atomic mass is 9.90. The lowest BCUT2D eigenvalue weighted by Crippen LogP contribution is -2.38. The zero-order valence-corrected chi connectivity index (χ0v) is 21.5. The number of carboxylic acid groups (broad SMARTS) is 1. The van der Waals surface area contributed by atoms with Gasteiger partial charge in [-0.3, -0.25) is 0 Å². The van der Waals surface area contributed by atoms with Crippen molar-refractivity contribution in [1.29, 1.82) is 0 Å². The van der Waals surface area contributed by atoms with Crippen molar-refractivity contribution in [2.24, 2.45) is 0 Å². The highest BCUT2D eigenvalue weighted by atomic mass is 35.5. The van der Waals surface area contributed by atoms with Crippen LogP contribution in [0.4, 0.5) is 24.5 Å². The van der Waals surface area contributed by atoms with Crippen molar-refractivity contribution in [2.45, 2.75) is 38.2 Å². The Morgan fingerprint density at radius 3 is 2.53 bits per heavy atom. The molecule has 1 N–H and O–H groups in total. The normalized spacial score (nSPS) is 15.4. The maximum Gasteiger partial charge on any atom is 0.341 e. The van der Waals surface area contributed by atoms with E-state index < -0.39 is 35.1 Å². The van der Waals surface area contributed by atoms with E-state index in [4.69, 9.17) is 4.74 Å². The molecule has 0 aromatic heterocycles. The van der Waals surface area contributed by atoms with Crippen LogP contribution in [0.2, 0.25) is 0 Å². The third-order valence-electron chi connectivity index (χ3n) is 6.99. The number of carbonyl (C=O) groups is 1. The van der Waals surface area contributed by atoms with Crippen molar-refractivity contribution in [3.05, 3.63) is 101 Å². The van der Waals surface area contributed by atoms with Gasteiger partial charge in [0.25, 0.3) is 0 Å². The van der Waals surface area contributed by atoms with Crippen LogP contribution < -0.4 is 9.64 Å². The average molecular weight is 542 g/mol. The predicted octanol–water partition coefficient (Wildman–Crippen LogP) is 8.25. The minimum Gasteiger partial charge on any atom is -0.486 e. The maximum atomic E-state index is 15.2. The van der Waals surface area contributed by atoms with E-state index in [1.165, 1.54) is 33.4 Å². The number of halogens is 4. The second-order valence-corrected chi connectivity index (χ2v) is 9.40. The van der Waals surface area contributed by atoms with Crippen molar-refractivity contribution in [3.8, 4) is 5.75 Å². The molecule has 5 rings (SSSR count). The molecule has 198 valence electrons. The lowest BCUT2D eigenvalue weighted by molar-refractivity contribution is 0.0686. The Bertz CT molecular complexity index is 1470. The van der Waals surface area contributed by atoms with Crippen molar-refractivity contribution in [2.75, 3.05) is 11.4 Å². The Morgan fingerprint density at radius 2 is 1.74 bits per heavy atom. The molecule has 1 aliphatic rings. The molecule has 2 atom stereocenters. The highest BCUT2D eigenvalue weighted by Gasteiger charge is 2.32. The first-order valence-corrected chi connectivity index (χ1v) is 12.3. The minimum atomic E-state index is -1.72. The van der Waals surface area contributed by atoms with Crippen LogP contribution in [0.3, 0.4) is 0 Å². The first-order valence-electron chi connectivity index (χ1n) is 12.3. The summed E-state index contributed by atoms with van der Waals surface area (Å²) in [6.45, 7) is 2.28. The molecule has 0 bridgehead atoms. The Balaban J connectivity index is 0.00000336. The Kier molecular flexibility index (Phi) is 8.17. The summed E-state index contributed by atoms with van der Waals surface area (Å²) in [5.74, 6) is -4.26. The zero-order chi connectivity index (χ0) is 26.1. The number of anilines is 2. The number of fused-ring (bicyclic) bond motifs is 2. The van der Waals surface area contributed by atoms with Gasteiger partial charge >= 0.3 is 5.97 Å². The molecular formula is C30H27ClF3NO3. The molecular weight excluding hydrogens is 515 g/mol. The van der Waals surface area contributed by atoms with Crippen LogP contribution in [-0.4, -0.2) is 23.7 Å². The van der Waals surface area contributed by atoms with E-state index >= 15 is 4.39 Å². The van der Waals surface area contributed by atoms with Crippen molar-refractivity contribution in [3.63, 3.8) is 0 Å². The van der Waals surface area contributed by atoms with Gasteiger partial charge in [-0.1, -0.05) is 55.5 Å². The number of hydrogen-bond acceptors (Lipinski definition) is 3. The van der Waals surface area contributed by atoms with Crippen molar-refractivity contribution >= 4 is 40.5 Å². The number of hydrogen-bond donors (Lipinski definition) is 1. The van der Waals surface area contributed by atoms with Crippen LogP contribution in [0, 0.1) is 17.5 Å². The van der Waals surface area contributed by atoms with Gasteiger partial charge in [0.1, 0.15) is 28.9 Å². The van der Waals surface area contributed by atoms with E-state index in [0.29, 0.717) is 12.3 Å². The topological polar surface area (TPSA) is 49.8 Å². The van der Waals surface area contributed by atoms with E-state index in [-0.39, 0.29) is 36.1 Å². The van der Waals surface area contributed by atoms with Gasteiger partial charge in [-0.05, 0) is 65.8 Å². The number of ether oxygens (including phenoxy) is 1. The standard InChI is InChI=1S/C30H26F3NO3.ClH/c1-18(21-12-5-9-19-8-2-3-11-22(19)21)7-4-10-20-17-34(29-24(32)13-6-14-26(29)37-20)25-16-15-23(31)27(28(25)33)30(35)36;/h2-3,5-6,8-9,11-16,18,20H,4,7,10,17H2,1H3,(H,35,36);1H/t18-,20?;/m0./s1. The second-order valence-electron chi connectivity index (χ2n) is 9.40. The Labute approximate surface area is 225 Å². The highest BCUT2D eigenvalue weighted by molar-refractivity contribution is 5.90. The SMILES string of the molecule is C[C@@H](CCCC1CN(c2ccc(F)c(C(=O)O)c2F)c2c(F)cccc2O1)c1cccc2ccccc12.Cl. The first-order chi connectivity index (χ1) is 17.8. The van der Waals surface area contributed by atoms with Gasteiger partial charge in [0.15, 0.2) is 11.6 Å². The van der Waals surface area contributed by atoms with E-state index in [1.807, 2.05) is 12.1 Å². The molecule has 4 aromatic rings. The molecule has 0 fully saturated rings.